The molecular weight excluding hydrogens is 160 g/mol. The minimum absolute atomic E-state index is 0.125. The molecule has 0 aliphatic rings. The van der Waals surface area contributed by atoms with E-state index in [-0.39, 0.29) is 25.4 Å². The van der Waals surface area contributed by atoms with Gasteiger partial charge in [-0.15, -0.1) is 0 Å². The minimum atomic E-state index is -0.274. The van der Waals surface area contributed by atoms with Gasteiger partial charge in [-0.1, -0.05) is 0 Å². The van der Waals surface area contributed by atoms with Crippen LogP contribution >= 0.6 is 0 Å². The van der Waals surface area contributed by atoms with Gasteiger partial charge in [-0.2, -0.15) is 0 Å². The van der Waals surface area contributed by atoms with Crippen LogP contribution < -0.4 is 0 Å². The molecule has 0 heterocycles. The van der Waals surface area contributed by atoms with Crippen molar-refractivity contribution in [2.45, 2.75) is 38.9 Å². The zero-order valence-electron chi connectivity index (χ0n) is 7.77. The van der Waals surface area contributed by atoms with Crippen molar-refractivity contribution in [2.24, 2.45) is 0 Å². The molecule has 0 fully saturated rings. The van der Waals surface area contributed by atoms with Crippen molar-refractivity contribution in [1.29, 1.82) is 0 Å². The Balaban J connectivity index is 0. The van der Waals surface area contributed by atoms with Crippen LogP contribution in [0.2, 0.25) is 0 Å². The SMILES string of the molecule is CC(O)CCC(C)O.OCCO. The quantitative estimate of drug-likeness (QED) is 0.470. The summed E-state index contributed by atoms with van der Waals surface area (Å²) in [5.74, 6) is 0. The fourth-order valence-electron chi connectivity index (χ4n) is 0.482. The maximum atomic E-state index is 8.69. The Morgan fingerprint density at radius 1 is 0.833 bits per heavy atom. The van der Waals surface area contributed by atoms with Crippen molar-refractivity contribution in [1.82, 2.24) is 0 Å². The van der Waals surface area contributed by atoms with Gasteiger partial charge in [-0.05, 0) is 26.7 Å². The zero-order chi connectivity index (χ0) is 9.98. The van der Waals surface area contributed by atoms with E-state index in [1.54, 1.807) is 13.8 Å². The first kappa shape index (κ1) is 14.4. The van der Waals surface area contributed by atoms with Crippen LogP contribution in [0, 0.1) is 0 Å². The summed E-state index contributed by atoms with van der Waals surface area (Å²) in [5, 5.41) is 32.6. The van der Waals surface area contributed by atoms with E-state index in [4.69, 9.17) is 20.4 Å². The van der Waals surface area contributed by atoms with Gasteiger partial charge >= 0.3 is 0 Å². The van der Waals surface area contributed by atoms with Gasteiger partial charge in [0, 0.05) is 0 Å². The van der Waals surface area contributed by atoms with E-state index in [0.717, 1.165) is 0 Å². The lowest BCUT2D eigenvalue weighted by atomic mass is 10.1. The summed E-state index contributed by atoms with van der Waals surface area (Å²) >= 11 is 0. The number of aliphatic hydroxyl groups excluding tert-OH is 4. The Bertz CT molecular complexity index is 63.5. The predicted molar refractivity (Wildman–Crippen MR) is 46.8 cm³/mol. The smallest absolute Gasteiger partial charge is 0.0662 e. The summed E-state index contributed by atoms with van der Waals surface area (Å²) < 4.78 is 0. The lowest BCUT2D eigenvalue weighted by molar-refractivity contribution is 0.133. The average molecular weight is 180 g/mol. The van der Waals surface area contributed by atoms with Gasteiger partial charge in [0.25, 0.3) is 0 Å². The molecule has 0 bridgehead atoms. The van der Waals surface area contributed by atoms with Crippen molar-refractivity contribution in [2.75, 3.05) is 13.2 Å². The molecule has 0 aliphatic carbocycles. The number of hydrogen-bond donors (Lipinski definition) is 4. The van der Waals surface area contributed by atoms with Gasteiger partial charge in [0.15, 0.2) is 0 Å². The molecule has 0 aromatic rings. The lowest BCUT2D eigenvalue weighted by Gasteiger charge is -2.04. The summed E-state index contributed by atoms with van der Waals surface area (Å²) in [6, 6.07) is 0. The zero-order valence-corrected chi connectivity index (χ0v) is 7.77. The van der Waals surface area contributed by atoms with E-state index in [0.29, 0.717) is 12.8 Å². The monoisotopic (exact) mass is 180 g/mol. The fourth-order valence-corrected chi connectivity index (χ4v) is 0.482. The van der Waals surface area contributed by atoms with E-state index in [1.807, 2.05) is 0 Å². The molecule has 0 saturated heterocycles. The first-order valence-electron chi connectivity index (χ1n) is 4.12. The van der Waals surface area contributed by atoms with Crippen molar-refractivity contribution >= 4 is 0 Å². The van der Waals surface area contributed by atoms with E-state index >= 15 is 0 Å². The maximum Gasteiger partial charge on any atom is 0.0662 e. The second-order valence-corrected chi connectivity index (χ2v) is 2.72. The Hall–Kier alpha value is -0.160. The fraction of sp³-hybridized carbons (Fsp3) is 1.00. The van der Waals surface area contributed by atoms with Crippen LogP contribution in [0.25, 0.3) is 0 Å². The molecule has 4 heteroatoms. The summed E-state index contributed by atoms with van der Waals surface area (Å²) in [6.45, 7) is 3.20. The molecule has 4 N–H and O–H groups in total. The van der Waals surface area contributed by atoms with Crippen molar-refractivity contribution in [3.8, 4) is 0 Å². The second kappa shape index (κ2) is 10.8. The van der Waals surface area contributed by atoms with Crippen LogP contribution in [0.15, 0.2) is 0 Å². The lowest BCUT2D eigenvalue weighted by Crippen LogP contribution is -2.06. The van der Waals surface area contributed by atoms with Gasteiger partial charge in [-0.25, -0.2) is 0 Å². The van der Waals surface area contributed by atoms with Gasteiger partial charge in [0.1, 0.15) is 0 Å². The largest absolute Gasteiger partial charge is 0.394 e. The third kappa shape index (κ3) is 22.5. The topological polar surface area (TPSA) is 80.9 Å². The molecule has 2 unspecified atom stereocenters. The molecule has 0 saturated carbocycles. The van der Waals surface area contributed by atoms with Gasteiger partial charge in [0.05, 0.1) is 25.4 Å². The van der Waals surface area contributed by atoms with Crippen molar-refractivity contribution in [3.63, 3.8) is 0 Å². The van der Waals surface area contributed by atoms with Crippen LogP contribution in [-0.2, 0) is 0 Å². The second-order valence-electron chi connectivity index (χ2n) is 2.72. The molecule has 0 amide bonds. The summed E-state index contributed by atoms with van der Waals surface area (Å²) in [5.41, 5.74) is 0. The van der Waals surface area contributed by atoms with Crippen LogP contribution in [0.3, 0.4) is 0 Å². The van der Waals surface area contributed by atoms with Crippen LogP contribution in [0.4, 0.5) is 0 Å². The molecule has 4 nitrogen and oxygen atoms in total. The Kier molecular flexibility index (Phi) is 13.0. The molecular formula is C8H20O4. The summed E-state index contributed by atoms with van der Waals surface area (Å²) in [7, 11) is 0. The molecule has 76 valence electrons. The molecule has 0 rings (SSSR count). The molecule has 0 aromatic carbocycles. The highest BCUT2D eigenvalue weighted by Gasteiger charge is 1.98. The van der Waals surface area contributed by atoms with Gasteiger partial charge in [-0.3, -0.25) is 0 Å². The average Bonchev–Trinajstić information content (AvgIpc) is 2.01. The predicted octanol–water partition coefficient (Wildman–Crippen LogP) is -0.501. The molecule has 0 spiro atoms. The third-order valence-corrected chi connectivity index (χ3v) is 1.10. The standard InChI is InChI=1S/C6H14O2.C2H6O2/c1-5(7)3-4-6(2)8;3-1-2-4/h5-8H,3-4H2,1-2H3;3-4H,1-2H2. The molecule has 0 aliphatic heterocycles. The van der Waals surface area contributed by atoms with E-state index in [1.165, 1.54) is 0 Å². The van der Waals surface area contributed by atoms with Crippen molar-refractivity contribution < 1.29 is 20.4 Å². The van der Waals surface area contributed by atoms with Gasteiger partial charge in [0.2, 0.25) is 0 Å². The highest BCUT2D eigenvalue weighted by atomic mass is 16.3. The van der Waals surface area contributed by atoms with E-state index in [9.17, 15) is 0 Å². The molecule has 2 atom stereocenters. The Morgan fingerprint density at radius 3 is 1.17 bits per heavy atom. The van der Waals surface area contributed by atoms with Crippen molar-refractivity contribution in [3.05, 3.63) is 0 Å². The molecule has 0 radical (unpaired) electrons. The minimum Gasteiger partial charge on any atom is -0.394 e. The highest BCUT2D eigenvalue weighted by Crippen LogP contribution is 1.98. The molecule has 12 heavy (non-hydrogen) atoms. The number of hydrogen-bond acceptors (Lipinski definition) is 4. The van der Waals surface area contributed by atoms with Gasteiger partial charge < -0.3 is 20.4 Å². The summed E-state index contributed by atoms with van der Waals surface area (Å²) in [6.07, 6.45) is 0.837. The number of aliphatic hydroxyl groups is 4. The van der Waals surface area contributed by atoms with Crippen LogP contribution in [-0.4, -0.2) is 45.8 Å². The maximum absolute atomic E-state index is 8.69. The molecule has 0 aromatic heterocycles. The van der Waals surface area contributed by atoms with E-state index < -0.39 is 0 Å². The first-order chi connectivity index (χ1) is 5.54. The normalized spacial score (nSPS) is 14.5. The highest BCUT2D eigenvalue weighted by molar-refractivity contribution is 4.51. The first-order valence-corrected chi connectivity index (χ1v) is 4.12. The summed E-state index contributed by atoms with van der Waals surface area (Å²) in [4.78, 5) is 0. The van der Waals surface area contributed by atoms with E-state index in [2.05, 4.69) is 0 Å². The Labute approximate surface area is 73.5 Å². The van der Waals surface area contributed by atoms with Crippen LogP contribution in [0.1, 0.15) is 26.7 Å². The number of rotatable bonds is 4. The third-order valence-electron chi connectivity index (χ3n) is 1.10. The van der Waals surface area contributed by atoms with Crippen LogP contribution in [0.5, 0.6) is 0 Å². The Morgan fingerprint density at radius 2 is 1.08 bits per heavy atom.